The molecule has 2 heterocycles. The number of nitrogens with one attached hydrogen (secondary N) is 1. The molecule has 1 unspecified atom stereocenters. The molecule has 7 heteroatoms. The van der Waals surface area contributed by atoms with Crippen molar-refractivity contribution < 1.29 is 9.72 Å². The summed E-state index contributed by atoms with van der Waals surface area (Å²) in [5, 5.41) is 13.7. The highest BCUT2D eigenvalue weighted by atomic mass is 32.1. The first kappa shape index (κ1) is 12.0. The van der Waals surface area contributed by atoms with Crippen LogP contribution in [0.3, 0.4) is 0 Å². The van der Waals surface area contributed by atoms with Crippen LogP contribution in [-0.2, 0) is 0 Å². The maximum Gasteiger partial charge on any atom is 0.324 e. The van der Waals surface area contributed by atoms with Gasteiger partial charge in [0.1, 0.15) is 0 Å². The van der Waals surface area contributed by atoms with Crippen molar-refractivity contribution in [3.8, 4) is 0 Å². The summed E-state index contributed by atoms with van der Waals surface area (Å²) in [6.45, 7) is 1.37. The molecule has 1 fully saturated rings. The number of likely N-dealkylation sites (N-methyl/N-ethyl adjacent to an activating group) is 1. The van der Waals surface area contributed by atoms with Crippen LogP contribution < -0.4 is 5.32 Å². The maximum atomic E-state index is 12.0. The van der Waals surface area contributed by atoms with Crippen LogP contribution in [0.5, 0.6) is 0 Å². The molecule has 1 N–H and O–H groups in total. The Morgan fingerprint density at radius 1 is 1.65 bits per heavy atom. The van der Waals surface area contributed by atoms with Gasteiger partial charge in [0.25, 0.3) is 5.91 Å². The third-order valence-corrected chi connectivity index (χ3v) is 3.89. The number of nitro groups is 1. The molecule has 0 aliphatic carbocycles. The van der Waals surface area contributed by atoms with Crippen molar-refractivity contribution >= 4 is 22.2 Å². The van der Waals surface area contributed by atoms with Crippen LogP contribution in [0.4, 0.5) is 5.00 Å². The number of thiophene rings is 1. The molecular weight excluding hydrogens is 242 g/mol. The van der Waals surface area contributed by atoms with E-state index in [9.17, 15) is 14.9 Å². The molecule has 2 rings (SSSR count). The van der Waals surface area contributed by atoms with E-state index in [0.717, 1.165) is 17.8 Å². The van der Waals surface area contributed by atoms with Crippen LogP contribution in [0, 0.1) is 10.1 Å². The zero-order chi connectivity index (χ0) is 12.4. The third kappa shape index (κ3) is 2.45. The number of rotatable bonds is 3. The van der Waals surface area contributed by atoms with E-state index in [0.29, 0.717) is 24.0 Å². The number of amides is 1. The average molecular weight is 255 g/mol. The van der Waals surface area contributed by atoms with Gasteiger partial charge in [-0.25, -0.2) is 0 Å². The Balaban J connectivity index is 2.07. The second-order valence-corrected chi connectivity index (χ2v) is 4.98. The maximum absolute atomic E-state index is 12.0. The molecule has 1 aliphatic heterocycles. The summed E-state index contributed by atoms with van der Waals surface area (Å²) in [4.78, 5) is 24.3. The first-order valence-electron chi connectivity index (χ1n) is 5.32. The minimum Gasteiger partial charge on any atom is -0.336 e. The van der Waals surface area contributed by atoms with E-state index in [4.69, 9.17) is 0 Å². The van der Waals surface area contributed by atoms with Crippen molar-refractivity contribution in [1.82, 2.24) is 10.2 Å². The van der Waals surface area contributed by atoms with Gasteiger partial charge >= 0.3 is 5.00 Å². The van der Waals surface area contributed by atoms with Crippen molar-refractivity contribution in [3.63, 3.8) is 0 Å². The van der Waals surface area contributed by atoms with E-state index >= 15 is 0 Å². The molecule has 0 aromatic carbocycles. The van der Waals surface area contributed by atoms with Gasteiger partial charge in [-0.3, -0.25) is 14.9 Å². The molecule has 1 aromatic heterocycles. The van der Waals surface area contributed by atoms with Crippen molar-refractivity contribution in [2.75, 3.05) is 20.1 Å². The number of likely N-dealkylation sites (tertiary alicyclic amines) is 1. The van der Waals surface area contributed by atoms with Crippen LogP contribution in [0.1, 0.15) is 16.1 Å². The number of hydrogen-bond donors (Lipinski definition) is 1. The molecule has 1 aliphatic rings. The van der Waals surface area contributed by atoms with E-state index in [2.05, 4.69) is 5.32 Å². The molecule has 1 saturated heterocycles. The lowest BCUT2D eigenvalue weighted by molar-refractivity contribution is -0.380. The van der Waals surface area contributed by atoms with Crippen LogP contribution in [0.2, 0.25) is 0 Å². The summed E-state index contributed by atoms with van der Waals surface area (Å²) >= 11 is 0.934. The van der Waals surface area contributed by atoms with Gasteiger partial charge in [-0.2, -0.15) is 0 Å². The Kier molecular flexibility index (Phi) is 3.39. The molecular formula is C10H13N3O3S. The molecule has 1 atom stereocenters. The molecule has 1 aromatic rings. The predicted octanol–water partition coefficient (Wildman–Crippen LogP) is 1.09. The van der Waals surface area contributed by atoms with Gasteiger partial charge < -0.3 is 10.2 Å². The number of nitrogens with zero attached hydrogens (tertiary/aromatic N) is 2. The minimum atomic E-state index is -0.470. The highest BCUT2D eigenvalue weighted by Gasteiger charge is 2.27. The number of hydrogen-bond acceptors (Lipinski definition) is 5. The van der Waals surface area contributed by atoms with E-state index in [1.807, 2.05) is 7.05 Å². The topological polar surface area (TPSA) is 75.5 Å². The summed E-state index contributed by atoms with van der Waals surface area (Å²) in [5.41, 5.74) is 0. The molecule has 0 bridgehead atoms. The van der Waals surface area contributed by atoms with Gasteiger partial charge in [-0.05, 0) is 19.5 Å². The predicted molar refractivity (Wildman–Crippen MR) is 64.3 cm³/mol. The van der Waals surface area contributed by atoms with Gasteiger partial charge in [-0.1, -0.05) is 11.3 Å². The van der Waals surface area contributed by atoms with Gasteiger partial charge in [0.15, 0.2) is 0 Å². The molecule has 6 nitrogen and oxygen atoms in total. The zero-order valence-corrected chi connectivity index (χ0v) is 10.2. The van der Waals surface area contributed by atoms with E-state index in [1.54, 1.807) is 4.90 Å². The van der Waals surface area contributed by atoms with Gasteiger partial charge in [0, 0.05) is 25.2 Å². The van der Waals surface area contributed by atoms with Crippen LogP contribution in [0.25, 0.3) is 0 Å². The highest BCUT2D eigenvalue weighted by molar-refractivity contribution is 7.17. The average Bonchev–Trinajstić information content (AvgIpc) is 2.97. The Morgan fingerprint density at radius 2 is 2.41 bits per heavy atom. The van der Waals surface area contributed by atoms with Gasteiger partial charge in [0.05, 0.1) is 9.80 Å². The first-order chi connectivity index (χ1) is 8.11. The lowest BCUT2D eigenvalue weighted by Gasteiger charge is -2.14. The minimum absolute atomic E-state index is 0.0118. The lowest BCUT2D eigenvalue weighted by Crippen LogP contribution is -2.33. The molecule has 92 valence electrons. The van der Waals surface area contributed by atoms with E-state index in [-0.39, 0.29) is 10.9 Å². The summed E-state index contributed by atoms with van der Waals surface area (Å²) in [5.74, 6) is -0.110. The second kappa shape index (κ2) is 4.80. The van der Waals surface area contributed by atoms with Crippen LogP contribution in [0.15, 0.2) is 12.1 Å². The zero-order valence-electron chi connectivity index (χ0n) is 9.38. The standard InChI is InChI=1S/C10H13N3O3S/c1-11-7-4-5-12(6-7)10(14)8-2-3-9(17-8)13(15)16/h2-3,7,11H,4-6H2,1H3. The first-order valence-corrected chi connectivity index (χ1v) is 6.14. The third-order valence-electron chi connectivity index (χ3n) is 2.87. The SMILES string of the molecule is CNC1CCN(C(=O)c2ccc([N+](=O)[O-])s2)C1. The lowest BCUT2D eigenvalue weighted by atomic mass is 10.3. The normalized spacial score (nSPS) is 19.6. The van der Waals surface area contributed by atoms with Crippen molar-refractivity contribution in [3.05, 3.63) is 27.1 Å². The summed E-state index contributed by atoms with van der Waals surface area (Å²) in [6.07, 6.45) is 0.926. The van der Waals surface area contributed by atoms with Crippen molar-refractivity contribution in [1.29, 1.82) is 0 Å². The van der Waals surface area contributed by atoms with Gasteiger partial charge in [0.2, 0.25) is 0 Å². The van der Waals surface area contributed by atoms with Gasteiger partial charge in [-0.15, -0.1) is 0 Å². The second-order valence-electron chi connectivity index (χ2n) is 3.92. The Morgan fingerprint density at radius 3 is 2.94 bits per heavy atom. The Labute approximate surface area is 102 Å². The summed E-state index contributed by atoms with van der Waals surface area (Å²) in [7, 11) is 1.87. The monoisotopic (exact) mass is 255 g/mol. The number of carbonyl (C=O) groups is 1. The van der Waals surface area contributed by atoms with E-state index in [1.165, 1.54) is 12.1 Å². The fraction of sp³-hybridized carbons (Fsp3) is 0.500. The molecule has 17 heavy (non-hydrogen) atoms. The molecule has 0 radical (unpaired) electrons. The summed E-state index contributed by atoms with van der Waals surface area (Å²) < 4.78 is 0. The van der Waals surface area contributed by atoms with Crippen molar-refractivity contribution in [2.24, 2.45) is 0 Å². The molecule has 0 spiro atoms. The van der Waals surface area contributed by atoms with Crippen LogP contribution in [-0.4, -0.2) is 41.9 Å². The fourth-order valence-electron chi connectivity index (χ4n) is 1.88. The Bertz CT molecular complexity index is 446. The molecule has 0 saturated carbocycles. The quantitative estimate of drug-likeness (QED) is 0.648. The molecule has 1 amide bonds. The number of carbonyl (C=O) groups excluding carboxylic acids is 1. The smallest absolute Gasteiger partial charge is 0.324 e. The highest BCUT2D eigenvalue weighted by Crippen LogP contribution is 2.26. The Hall–Kier alpha value is -1.47. The van der Waals surface area contributed by atoms with Crippen molar-refractivity contribution in [2.45, 2.75) is 12.5 Å². The fourth-order valence-corrected chi connectivity index (χ4v) is 2.67. The van der Waals surface area contributed by atoms with E-state index < -0.39 is 4.92 Å². The summed E-state index contributed by atoms with van der Waals surface area (Å²) in [6, 6.07) is 3.23. The van der Waals surface area contributed by atoms with Crippen LogP contribution >= 0.6 is 11.3 Å². The largest absolute Gasteiger partial charge is 0.336 e.